The van der Waals surface area contributed by atoms with Crippen LogP contribution in [0.1, 0.15) is 41.6 Å². The van der Waals surface area contributed by atoms with Gasteiger partial charge in [-0.2, -0.15) is 4.31 Å². The van der Waals surface area contributed by atoms with Gasteiger partial charge in [0, 0.05) is 22.8 Å². The second kappa shape index (κ2) is 7.85. The van der Waals surface area contributed by atoms with E-state index < -0.39 is 10.0 Å². The number of nitrogens with zero attached hydrogens (tertiary/aromatic N) is 2. The molecule has 0 unspecified atom stereocenters. The van der Waals surface area contributed by atoms with Crippen LogP contribution in [0.25, 0.3) is 0 Å². The van der Waals surface area contributed by atoms with Crippen molar-refractivity contribution in [1.29, 1.82) is 0 Å². The normalized spacial score (nSPS) is 23.4. The van der Waals surface area contributed by atoms with E-state index in [1.807, 2.05) is 13.0 Å². The topological polar surface area (TPSA) is 79.4 Å². The Balaban J connectivity index is 1.44. The number of anilines is 1. The molecule has 0 aromatic carbocycles. The third kappa shape index (κ3) is 4.03. The van der Waals surface area contributed by atoms with Crippen molar-refractivity contribution < 1.29 is 13.2 Å². The molecule has 1 aliphatic heterocycles. The summed E-state index contributed by atoms with van der Waals surface area (Å²) in [6.45, 7) is 4.83. The molecule has 0 bridgehead atoms. The van der Waals surface area contributed by atoms with Crippen molar-refractivity contribution in [3.05, 3.63) is 27.6 Å². The zero-order valence-corrected chi connectivity index (χ0v) is 18.6. The van der Waals surface area contributed by atoms with Crippen LogP contribution in [0, 0.1) is 18.8 Å². The molecule has 0 radical (unpaired) electrons. The second-order valence-corrected chi connectivity index (χ2v) is 12.3. The first kappa shape index (κ1) is 20.0. The molecule has 6 nitrogen and oxygen atoms in total. The fraction of sp³-hybridized carbons (Fsp3) is 0.579. The van der Waals surface area contributed by atoms with E-state index in [1.165, 1.54) is 20.5 Å². The Morgan fingerprint density at radius 1 is 1.29 bits per heavy atom. The van der Waals surface area contributed by atoms with Gasteiger partial charge in [-0.15, -0.1) is 22.7 Å². The number of rotatable bonds is 4. The second-order valence-electron chi connectivity index (χ2n) is 7.79. The van der Waals surface area contributed by atoms with Gasteiger partial charge in [0.1, 0.15) is 4.21 Å². The molecule has 1 N–H and O–H groups in total. The predicted octanol–water partition coefficient (Wildman–Crippen LogP) is 3.68. The maximum atomic E-state index is 12.9. The fourth-order valence-corrected chi connectivity index (χ4v) is 7.99. The quantitative estimate of drug-likeness (QED) is 0.788. The van der Waals surface area contributed by atoms with Crippen molar-refractivity contribution in [1.82, 2.24) is 9.29 Å². The number of carbonyl (C=O) groups excluding carboxylic acids is 1. The largest absolute Gasteiger partial charge is 0.302 e. The summed E-state index contributed by atoms with van der Waals surface area (Å²) in [5, 5.41) is 3.60. The summed E-state index contributed by atoms with van der Waals surface area (Å²) in [5.74, 6) is 0.195. The molecule has 2 atom stereocenters. The van der Waals surface area contributed by atoms with Crippen LogP contribution in [0.3, 0.4) is 0 Å². The third-order valence-corrected chi connectivity index (χ3v) is 9.85. The molecule has 2 aromatic rings. The summed E-state index contributed by atoms with van der Waals surface area (Å²) in [6.07, 6.45) is 4.52. The fourth-order valence-electron chi connectivity index (χ4n) is 3.85. The third-order valence-electron chi connectivity index (χ3n) is 5.48. The highest BCUT2D eigenvalue weighted by atomic mass is 32.2. The van der Waals surface area contributed by atoms with Gasteiger partial charge in [-0.25, -0.2) is 13.4 Å². The highest BCUT2D eigenvalue weighted by molar-refractivity contribution is 7.91. The van der Waals surface area contributed by atoms with Crippen LogP contribution in [0.5, 0.6) is 0 Å². The molecule has 1 aliphatic carbocycles. The lowest BCUT2D eigenvalue weighted by Crippen LogP contribution is -2.43. The van der Waals surface area contributed by atoms with Gasteiger partial charge in [0.25, 0.3) is 10.0 Å². The van der Waals surface area contributed by atoms with E-state index in [0.717, 1.165) is 29.8 Å². The Labute approximate surface area is 174 Å². The van der Waals surface area contributed by atoms with Crippen LogP contribution in [-0.4, -0.2) is 36.7 Å². The van der Waals surface area contributed by atoms with Gasteiger partial charge in [0.15, 0.2) is 5.13 Å². The van der Waals surface area contributed by atoms with E-state index in [0.29, 0.717) is 34.6 Å². The molecule has 1 amide bonds. The standard InChI is InChI=1S/C19H25N3O3S3/c1-12-5-7-15-16(10-12)27-19(20-15)21-18(23)14-4-3-9-22(11-14)28(24,25)17-8-6-13(2)26-17/h6,8,12,14H,3-5,7,9-11H2,1-2H3,(H,20,21,23)/t12-,14-/m1/s1. The molecule has 3 heterocycles. The van der Waals surface area contributed by atoms with Crippen molar-refractivity contribution >= 4 is 43.7 Å². The first-order valence-corrected chi connectivity index (χ1v) is 12.8. The van der Waals surface area contributed by atoms with E-state index in [4.69, 9.17) is 0 Å². The number of hydrogen-bond acceptors (Lipinski definition) is 6. The van der Waals surface area contributed by atoms with Gasteiger partial charge in [-0.05, 0) is 57.1 Å². The number of fused-ring (bicyclic) bond motifs is 1. The SMILES string of the molecule is Cc1ccc(S(=O)(=O)N2CCC[C@@H](C(=O)Nc3nc4c(s3)C[C@H](C)CC4)C2)s1. The average molecular weight is 440 g/mol. The molecule has 2 aromatic heterocycles. The zero-order chi connectivity index (χ0) is 19.9. The number of amides is 1. The summed E-state index contributed by atoms with van der Waals surface area (Å²) in [6, 6.07) is 3.47. The highest BCUT2D eigenvalue weighted by Crippen LogP contribution is 2.33. The Bertz CT molecular complexity index is 980. The highest BCUT2D eigenvalue weighted by Gasteiger charge is 2.34. The smallest absolute Gasteiger partial charge is 0.252 e. The molecular formula is C19H25N3O3S3. The Morgan fingerprint density at radius 2 is 2.11 bits per heavy atom. The predicted molar refractivity (Wildman–Crippen MR) is 112 cm³/mol. The number of aromatic nitrogens is 1. The van der Waals surface area contributed by atoms with Crippen LogP contribution < -0.4 is 5.32 Å². The number of hydrogen-bond donors (Lipinski definition) is 1. The molecule has 0 spiro atoms. The molecule has 1 saturated heterocycles. The maximum Gasteiger partial charge on any atom is 0.252 e. The van der Waals surface area contributed by atoms with Crippen molar-refractivity contribution in [3.8, 4) is 0 Å². The molecule has 9 heteroatoms. The minimum absolute atomic E-state index is 0.124. The van der Waals surface area contributed by atoms with Crippen molar-refractivity contribution in [3.63, 3.8) is 0 Å². The van der Waals surface area contributed by atoms with Crippen LogP contribution >= 0.6 is 22.7 Å². The summed E-state index contributed by atoms with van der Waals surface area (Å²) < 4.78 is 27.6. The van der Waals surface area contributed by atoms with Gasteiger partial charge in [0.05, 0.1) is 11.6 Å². The van der Waals surface area contributed by atoms with Crippen molar-refractivity contribution in [2.75, 3.05) is 18.4 Å². The van der Waals surface area contributed by atoms with Gasteiger partial charge >= 0.3 is 0 Å². The monoisotopic (exact) mass is 439 g/mol. The molecule has 4 rings (SSSR count). The summed E-state index contributed by atoms with van der Waals surface area (Å²) in [4.78, 5) is 19.6. The van der Waals surface area contributed by atoms with Gasteiger partial charge in [-0.3, -0.25) is 4.79 Å². The van der Waals surface area contributed by atoms with Crippen LogP contribution in [-0.2, 0) is 27.7 Å². The van der Waals surface area contributed by atoms with Crippen LogP contribution in [0.2, 0.25) is 0 Å². The number of carbonyl (C=O) groups is 1. The molecule has 1 fully saturated rings. The molecule has 152 valence electrons. The minimum Gasteiger partial charge on any atom is -0.302 e. The van der Waals surface area contributed by atoms with E-state index >= 15 is 0 Å². The molecule has 28 heavy (non-hydrogen) atoms. The van der Waals surface area contributed by atoms with E-state index in [1.54, 1.807) is 17.4 Å². The minimum atomic E-state index is -3.53. The molecular weight excluding hydrogens is 414 g/mol. The lowest BCUT2D eigenvalue weighted by atomic mass is 9.93. The zero-order valence-electron chi connectivity index (χ0n) is 16.1. The number of sulfonamides is 1. The number of aryl methyl sites for hydroxylation is 2. The van der Waals surface area contributed by atoms with E-state index in [9.17, 15) is 13.2 Å². The Morgan fingerprint density at radius 3 is 2.86 bits per heavy atom. The average Bonchev–Trinajstić information content (AvgIpc) is 3.27. The summed E-state index contributed by atoms with van der Waals surface area (Å²) in [5.41, 5.74) is 1.11. The number of nitrogens with one attached hydrogen (secondary N) is 1. The summed E-state index contributed by atoms with van der Waals surface area (Å²) in [7, 11) is -3.53. The van der Waals surface area contributed by atoms with Gasteiger partial charge in [0.2, 0.25) is 5.91 Å². The van der Waals surface area contributed by atoms with Crippen LogP contribution in [0.4, 0.5) is 5.13 Å². The van der Waals surface area contributed by atoms with Gasteiger partial charge in [-0.1, -0.05) is 6.92 Å². The van der Waals surface area contributed by atoms with Gasteiger partial charge < -0.3 is 5.32 Å². The Hall–Kier alpha value is -1.29. The van der Waals surface area contributed by atoms with Crippen LogP contribution in [0.15, 0.2) is 16.3 Å². The number of piperidine rings is 1. The first-order chi connectivity index (χ1) is 13.3. The molecule has 2 aliphatic rings. The van der Waals surface area contributed by atoms with E-state index in [2.05, 4.69) is 17.2 Å². The number of thiazole rings is 1. The van der Waals surface area contributed by atoms with E-state index in [-0.39, 0.29) is 18.4 Å². The molecule has 0 saturated carbocycles. The lowest BCUT2D eigenvalue weighted by Gasteiger charge is -2.30. The Kier molecular flexibility index (Phi) is 5.61. The lowest BCUT2D eigenvalue weighted by molar-refractivity contribution is -0.120. The van der Waals surface area contributed by atoms with Crippen molar-refractivity contribution in [2.45, 2.75) is 50.2 Å². The first-order valence-electron chi connectivity index (χ1n) is 9.69. The van der Waals surface area contributed by atoms with Crippen molar-refractivity contribution in [2.24, 2.45) is 11.8 Å². The number of thiophene rings is 1. The summed E-state index contributed by atoms with van der Waals surface area (Å²) >= 11 is 2.84. The maximum absolute atomic E-state index is 12.9.